The molecule has 4 aromatic rings. The van der Waals surface area contributed by atoms with Crippen molar-refractivity contribution in [3.05, 3.63) is 65.2 Å². The van der Waals surface area contributed by atoms with Crippen molar-refractivity contribution >= 4 is 45.2 Å². The molecule has 0 bridgehead atoms. The van der Waals surface area contributed by atoms with Crippen molar-refractivity contribution in [1.29, 1.82) is 0 Å². The summed E-state index contributed by atoms with van der Waals surface area (Å²) in [6, 6.07) is 15.3. The van der Waals surface area contributed by atoms with E-state index in [0.29, 0.717) is 29.7 Å². The molecule has 0 atom stereocenters. The molecule has 1 saturated carbocycles. The number of hydrogen-bond donors (Lipinski definition) is 3. The van der Waals surface area contributed by atoms with Gasteiger partial charge in [-0.05, 0) is 67.8 Å². The number of piperazine rings is 1. The first-order valence-electron chi connectivity index (χ1n) is 14.6. The molecule has 3 amide bonds. The Morgan fingerprint density at radius 1 is 0.927 bits per heavy atom. The van der Waals surface area contributed by atoms with Gasteiger partial charge in [0.25, 0.3) is 11.8 Å². The highest BCUT2D eigenvalue weighted by atomic mass is 16.2. The summed E-state index contributed by atoms with van der Waals surface area (Å²) in [6.45, 7) is 5.11. The van der Waals surface area contributed by atoms with Crippen LogP contribution in [0.25, 0.3) is 32.9 Å². The lowest BCUT2D eigenvalue weighted by atomic mass is 9.88. The molecule has 0 spiro atoms. The smallest absolute Gasteiger partial charge is 0.254 e. The van der Waals surface area contributed by atoms with Crippen molar-refractivity contribution in [2.75, 3.05) is 38.5 Å². The Labute approximate surface area is 239 Å². The largest absolute Gasteiger partial charge is 0.366 e. The van der Waals surface area contributed by atoms with Crippen LogP contribution >= 0.6 is 0 Å². The minimum atomic E-state index is -0.521. The first-order chi connectivity index (χ1) is 19.8. The van der Waals surface area contributed by atoms with E-state index >= 15 is 0 Å². The molecule has 2 heterocycles. The predicted octanol–water partition coefficient (Wildman–Crippen LogP) is 5.30. The summed E-state index contributed by atoms with van der Waals surface area (Å²) in [5.41, 5.74) is 11.9. The van der Waals surface area contributed by atoms with E-state index in [4.69, 9.17) is 5.73 Å². The van der Waals surface area contributed by atoms with Gasteiger partial charge in [-0.25, -0.2) is 0 Å². The number of hydrogen-bond acceptors (Lipinski definition) is 4. The zero-order chi connectivity index (χ0) is 28.7. The molecule has 0 radical (unpaired) electrons. The van der Waals surface area contributed by atoms with Crippen molar-refractivity contribution in [2.24, 2.45) is 11.7 Å². The molecule has 1 saturated heterocycles. The maximum atomic E-state index is 13.3. The van der Waals surface area contributed by atoms with Crippen LogP contribution in [0.4, 0.5) is 5.69 Å². The number of nitrogens with one attached hydrogen (secondary N) is 2. The Hall–Kier alpha value is -4.17. The number of nitrogens with two attached hydrogens (primary N) is 1. The van der Waals surface area contributed by atoms with Gasteiger partial charge >= 0.3 is 0 Å². The normalized spacial score (nSPS) is 16.8. The molecular formula is C33H37N5O3. The number of carbonyl (C=O) groups is 3. The summed E-state index contributed by atoms with van der Waals surface area (Å²) in [5, 5.41) is 4.96. The summed E-state index contributed by atoms with van der Waals surface area (Å²) in [4.78, 5) is 46.3. The quantitative estimate of drug-likeness (QED) is 0.312. The second-order valence-electron chi connectivity index (χ2n) is 11.6. The number of H-pyrrole nitrogens is 1. The number of benzene rings is 3. The molecule has 8 nitrogen and oxygen atoms in total. The van der Waals surface area contributed by atoms with Gasteiger partial charge < -0.3 is 25.8 Å². The van der Waals surface area contributed by atoms with Gasteiger partial charge in [-0.2, -0.15) is 0 Å². The zero-order valence-corrected chi connectivity index (χ0v) is 23.8. The van der Waals surface area contributed by atoms with Crippen LogP contribution in [-0.2, 0) is 4.79 Å². The summed E-state index contributed by atoms with van der Waals surface area (Å²) in [7, 11) is 2.06. The summed E-state index contributed by atoms with van der Waals surface area (Å²) < 4.78 is 0. The minimum Gasteiger partial charge on any atom is -0.366 e. The van der Waals surface area contributed by atoms with Crippen LogP contribution in [0.5, 0.6) is 0 Å². The van der Waals surface area contributed by atoms with Gasteiger partial charge in [0.1, 0.15) is 0 Å². The SMILES string of the molecule is Cc1c(NC(=O)C2CCCCC2)cccc1-c1ccc(C(N)=O)c2[nH]c3cc(C(=O)N4CCN(C)CC4)ccc3c12. The number of aromatic amines is 1. The van der Waals surface area contributed by atoms with Crippen LogP contribution in [0.3, 0.4) is 0 Å². The lowest BCUT2D eigenvalue weighted by Crippen LogP contribution is -2.47. The van der Waals surface area contributed by atoms with Gasteiger partial charge in [-0.1, -0.05) is 43.5 Å². The molecule has 3 aromatic carbocycles. The van der Waals surface area contributed by atoms with Gasteiger partial charge in [0, 0.05) is 59.6 Å². The molecule has 2 aliphatic rings. The van der Waals surface area contributed by atoms with Crippen LogP contribution in [0.2, 0.25) is 0 Å². The van der Waals surface area contributed by atoms with E-state index < -0.39 is 5.91 Å². The maximum Gasteiger partial charge on any atom is 0.254 e. The highest BCUT2D eigenvalue weighted by molar-refractivity contribution is 6.20. The van der Waals surface area contributed by atoms with E-state index in [9.17, 15) is 14.4 Å². The fourth-order valence-electron chi connectivity index (χ4n) is 6.43. The number of fused-ring (bicyclic) bond motifs is 3. The molecule has 1 aliphatic carbocycles. The van der Waals surface area contributed by atoms with Crippen molar-refractivity contribution in [3.63, 3.8) is 0 Å². The third-order valence-electron chi connectivity index (χ3n) is 8.91. The fraction of sp³-hybridized carbons (Fsp3) is 0.364. The minimum absolute atomic E-state index is 0.00579. The Bertz CT molecular complexity index is 1660. The zero-order valence-electron chi connectivity index (χ0n) is 23.8. The number of likely N-dealkylation sites (N-methyl/N-ethyl adjacent to an activating group) is 1. The monoisotopic (exact) mass is 551 g/mol. The molecule has 212 valence electrons. The van der Waals surface area contributed by atoms with Gasteiger partial charge in [0.15, 0.2) is 0 Å². The molecule has 1 aromatic heterocycles. The standard InChI is InChI=1S/C33H37N5O3/c1-20-23(9-6-10-27(20)36-32(40)21-7-4-3-5-8-21)24-13-14-26(31(34)39)30-29(24)25-12-11-22(19-28(25)35-30)33(41)38-17-15-37(2)16-18-38/h6,9-14,19,21,35H,3-5,7-8,15-18H2,1-2H3,(H2,34,39)(H,36,40). The Balaban J connectivity index is 1.42. The summed E-state index contributed by atoms with van der Waals surface area (Å²) in [5.74, 6) is -0.369. The third-order valence-corrected chi connectivity index (χ3v) is 8.91. The average Bonchev–Trinajstić information content (AvgIpc) is 3.37. The number of nitrogens with zero attached hydrogens (tertiary/aromatic N) is 2. The van der Waals surface area contributed by atoms with Crippen LogP contribution in [0, 0.1) is 12.8 Å². The molecule has 41 heavy (non-hydrogen) atoms. The first-order valence-corrected chi connectivity index (χ1v) is 14.6. The fourth-order valence-corrected chi connectivity index (χ4v) is 6.43. The maximum absolute atomic E-state index is 13.3. The number of amides is 3. The lowest BCUT2D eigenvalue weighted by Gasteiger charge is -2.32. The van der Waals surface area contributed by atoms with Crippen molar-refractivity contribution in [1.82, 2.24) is 14.8 Å². The van der Waals surface area contributed by atoms with Crippen LogP contribution in [0.1, 0.15) is 58.4 Å². The van der Waals surface area contributed by atoms with Crippen LogP contribution in [-0.4, -0.2) is 65.7 Å². The number of rotatable bonds is 5. The predicted molar refractivity (Wildman–Crippen MR) is 163 cm³/mol. The van der Waals surface area contributed by atoms with Gasteiger partial charge in [-0.3, -0.25) is 14.4 Å². The van der Waals surface area contributed by atoms with E-state index in [1.807, 2.05) is 54.3 Å². The second-order valence-corrected chi connectivity index (χ2v) is 11.6. The van der Waals surface area contributed by atoms with Crippen molar-refractivity contribution in [2.45, 2.75) is 39.0 Å². The Morgan fingerprint density at radius 3 is 2.41 bits per heavy atom. The van der Waals surface area contributed by atoms with E-state index in [-0.39, 0.29) is 17.7 Å². The number of aromatic nitrogens is 1. The molecule has 2 fully saturated rings. The summed E-state index contributed by atoms with van der Waals surface area (Å²) >= 11 is 0. The average molecular weight is 552 g/mol. The third kappa shape index (κ3) is 5.08. The van der Waals surface area contributed by atoms with Crippen LogP contribution in [0.15, 0.2) is 48.5 Å². The van der Waals surface area contributed by atoms with Crippen molar-refractivity contribution < 1.29 is 14.4 Å². The van der Waals surface area contributed by atoms with E-state index in [1.165, 1.54) is 6.42 Å². The highest BCUT2D eigenvalue weighted by Crippen LogP contribution is 2.39. The second kappa shape index (κ2) is 11.0. The van der Waals surface area contributed by atoms with Gasteiger partial charge in [0.2, 0.25) is 5.91 Å². The molecule has 0 unspecified atom stereocenters. The summed E-state index contributed by atoms with van der Waals surface area (Å²) in [6.07, 6.45) is 5.28. The number of carbonyl (C=O) groups excluding carboxylic acids is 3. The van der Waals surface area contributed by atoms with E-state index in [0.717, 1.165) is 77.4 Å². The molecular weight excluding hydrogens is 514 g/mol. The Kier molecular flexibility index (Phi) is 7.26. The van der Waals surface area contributed by atoms with E-state index in [2.05, 4.69) is 22.2 Å². The number of primary amides is 1. The number of anilines is 1. The molecule has 4 N–H and O–H groups in total. The van der Waals surface area contributed by atoms with Crippen molar-refractivity contribution in [3.8, 4) is 11.1 Å². The topological polar surface area (TPSA) is 112 Å². The van der Waals surface area contributed by atoms with Gasteiger partial charge in [-0.15, -0.1) is 0 Å². The first kappa shape index (κ1) is 27.0. The molecule has 6 rings (SSSR count). The molecule has 8 heteroatoms. The lowest BCUT2D eigenvalue weighted by molar-refractivity contribution is -0.120. The van der Waals surface area contributed by atoms with Crippen LogP contribution < -0.4 is 11.1 Å². The Morgan fingerprint density at radius 2 is 1.68 bits per heavy atom. The highest BCUT2D eigenvalue weighted by Gasteiger charge is 2.24. The molecule has 1 aliphatic heterocycles. The van der Waals surface area contributed by atoms with Gasteiger partial charge in [0.05, 0.1) is 11.1 Å². The van der Waals surface area contributed by atoms with E-state index in [1.54, 1.807) is 6.07 Å².